The van der Waals surface area contributed by atoms with Gasteiger partial charge in [0.2, 0.25) is 0 Å². The maximum Gasteiger partial charge on any atom is 0.129 e. The molecule has 2 aromatic heterocycles. The Labute approximate surface area is 146 Å². The van der Waals surface area contributed by atoms with Crippen molar-refractivity contribution in [3.63, 3.8) is 0 Å². The van der Waals surface area contributed by atoms with E-state index in [2.05, 4.69) is 25.9 Å². The molecule has 118 valence electrons. The van der Waals surface area contributed by atoms with Crippen LogP contribution in [0.25, 0.3) is 10.9 Å². The van der Waals surface area contributed by atoms with Crippen molar-refractivity contribution in [2.75, 3.05) is 6.26 Å². The first-order valence-electron chi connectivity index (χ1n) is 7.04. The van der Waals surface area contributed by atoms with E-state index in [-0.39, 0.29) is 5.82 Å². The number of halogens is 2. The number of nitrogens with zero attached hydrogens (tertiary/aromatic N) is 1. The molecule has 0 unspecified atom stereocenters. The molecule has 0 saturated heterocycles. The van der Waals surface area contributed by atoms with Crippen LogP contribution in [0.15, 0.2) is 35.1 Å². The molecule has 6 heteroatoms. The third-order valence-electron chi connectivity index (χ3n) is 3.94. The summed E-state index contributed by atoms with van der Waals surface area (Å²) in [5.74, 6) is -0.246. The SMILES string of the molecule is CSC(=N)c1nccc(Cc2c(F)cc3[nH]ccc3c2Br)c1C. The topological polar surface area (TPSA) is 52.5 Å². The zero-order valence-corrected chi connectivity index (χ0v) is 15.1. The molecule has 2 N–H and O–H groups in total. The fourth-order valence-electron chi connectivity index (χ4n) is 2.62. The molecule has 0 aliphatic carbocycles. The standard InChI is InChI=1S/C17H15BrFN3S/c1-9-10(3-5-22-16(9)17(20)23-2)7-12-13(19)8-14-11(15(12)18)4-6-21-14/h3-6,8,20-21H,7H2,1-2H3. The summed E-state index contributed by atoms with van der Waals surface area (Å²) >= 11 is 4.88. The number of pyridine rings is 1. The van der Waals surface area contributed by atoms with Gasteiger partial charge in [-0.3, -0.25) is 10.4 Å². The molecule has 0 radical (unpaired) electrons. The summed E-state index contributed by atoms with van der Waals surface area (Å²) in [6.45, 7) is 1.93. The summed E-state index contributed by atoms with van der Waals surface area (Å²) in [6.07, 6.45) is 5.79. The highest BCUT2D eigenvalue weighted by atomic mass is 79.9. The Balaban J connectivity index is 2.08. The fraction of sp³-hybridized carbons (Fsp3) is 0.176. The van der Waals surface area contributed by atoms with Gasteiger partial charge in [-0.05, 0) is 58.4 Å². The van der Waals surface area contributed by atoms with Gasteiger partial charge in [-0.25, -0.2) is 4.39 Å². The Morgan fingerprint density at radius 1 is 1.43 bits per heavy atom. The number of benzene rings is 1. The first kappa shape index (κ1) is 16.2. The minimum absolute atomic E-state index is 0.246. The molecule has 3 nitrogen and oxygen atoms in total. The molecule has 23 heavy (non-hydrogen) atoms. The van der Waals surface area contributed by atoms with Crippen LogP contribution in [0.2, 0.25) is 0 Å². The van der Waals surface area contributed by atoms with E-state index < -0.39 is 0 Å². The molecule has 0 saturated carbocycles. The number of aromatic nitrogens is 2. The van der Waals surface area contributed by atoms with Crippen LogP contribution in [-0.4, -0.2) is 21.3 Å². The van der Waals surface area contributed by atoms with E-state index in [1.165, 1.54) is 17.8 Å². The van der Waals surface area contributed by atoms with E-state index in [0.717, 1.165) is 26.5 Å². The van der Waals surface area contributed by atoms with Gasteiger partial charge in [0.25, 0.3) is 0 Å². The summed E-state index contributed by atoms with van der Waals surface area (Å²) in [4.78, 5) is 7.31. The summed E-state index contributed by atoms with van der Waals surface area (Å²) in [7, 11) is 0. The van der Waals surface area contributed by atoms with Crippen molar-refractivity contribution in [3.05, 3.63) is 63.3 Å². The quantitative estimate of drug-likeness (QED) is 0.484. The molecule has 1 aromatic carbocycles. The number of nitrogens with one attached hydrogen (secondary N) is 2. The molecule has 0 aliphatic heterocycles. The van der Waals surface area contributed by atoms with E-state index >= 15 is 0 Å². The van der Waals surface area contributed by atoms with Crippen LogP contribution in [0.4, 0.5) is 4.39 Å². The van der Waals surface area contributed by atoms with Crippen LogP contribution in [0.3, 0.4) is 0 Å². The number of rotatable bonds is 3. The Morgan fingerprint density at radius 2 is 2.22 bits per heavy atom. The van der Waals surface area contributed by atoms with Gasteiger partial charge in [0.05, 0.1) is 5.69 Å². The van der Waals surface area contributed by atoms with Gasteiger partial charge in [-0.2, -0.15) is 0 Å². The van der Waals surface area contributed by atoms with Gasteiger partial charge in [-0.15, -0.1) is 11.8 Å². The molecule has 0 aliphatic rings. The highest BCUT2D eigenvalue weighted by molar-refractivity contribution is 9.10. The van der Waals surface area contributed by atoms with Crippen molar-refractivity contribution in [2.45, 2.75) is 13.3 Å². The minimum atomic E-state index is -0.246. The van der Waals surface area contributed by atoms with Crippen molar-refractivity contribution in [1.82, 2.24) is 9.97 Å². The summed E-state index contributed by atoms with van der Waals surface area (Å²) in [6, 6.07) is 5.34. The lowest BCUT2D eigenvalue weighted by Gasteiger charge is -2.12. The maximum atomic E-state index is 14.5. The smallest absolute Gasteiger partial charge is 0.129 e. The second-order valence-corrected chi connectivity index (χ2v) is 6.85. The molecule has 0 bridgehead atoms. The summed E-state index contributed by atoms with van der Waals surface area (Å²) in [5, 5.41) is 9.36. The molecule has 0 spiro atoms. The molecule has 3 aromatic rings. The zero-order valence-electron chi connectivity index (χ0n) is 12.7. The average molecular weight is 392 g/mol. The van der Waals surface area contributed by atoms with Gasteiger partial charge in [0, 0.05) is 39.8 Å². The van der Waals surface area contributed by atoms with Crippen LogP contribution < -0.4 is 0 Å². The summed E-state index contributed by atoms with van der Waals surface area (Å²) in [5.41, 5.74) is 3.95. The molecular formula is C17H15BrFN3S. The molecular weight excluding hydrogens is 377 g/mol. The van der Waals surface area contributed by atoms with Gasteiger partial charge >= 0.3 is 0 Å². The molecule has 3 rings (SSSR count). The van der Waals surface area contributed by atoms with E-state index in [1.54, 1.807) is 12.4 Å². The second-order valence-electron chi connectivity index (χ2n) is 5.24. The largest absolute Gasteiger partial charge is 0.361 e. The normalized spacial score (nSPS) is 11.1. The van der Waals surface area contributed by atoms with Gasteiger partial charge in [0.1, 0.15) is 10.9 Å². The molecule has 2 heterocycles. The van der Waals surface area contributed by atoms with Crippen molar-refractivity contribution in [2.24, 2.45) is 0 Å². The molecule has 0 amide bonds. The minimum Gasteiger partial charge on any atom is -0.361 e. The lowest BCUT2D eigenvalue weighted by atomic mass is 9.99. The van der Waals surface area contributed by atoms with E-state index in [4.69, 9.17) is 5.41 Å². The van der Waals surface area contributed by atoms with Crippen molar-refractivity contribution in [3.8, 4) is 0 Å². The second kappa shape index (κ2) is 6.45. The Hall–Kier alpha value is -1.66. The monoisotopic (exact) mass is 391 g/mol. The molecule has 0 fully saturated rings. The Morgan fingerprint density at radius 3 is 2.96 bits per heavy atom. The predicted octanol–water partition coefficient (Wildman–Crippen LogP) is 5.05. The fourth-order valence-corrected chi connectivity index (χ4v) is 3.69. The average Bonchev–Trinajstić information content (AvgIpc) is 3.00. The van der Waals surface area contributed by atoms with Crippen molar-refractivity contribution < 1.29 is 4.39 Å². The predicted molar refractivity (Wildman–Crippen MR) is 98.1 cm³/mol. The van der Waals surface area contributed by atoms with Crippen LogP contribution in [0, 0.1) is 18.2 Å². The van der Waals surface area contributed by atoms with E-state index in [1.807, 2.05) is 25.3 Å². The number of hydrogen-bond acceptors (Lipinski definition) is 3. The first-order chi connectivity index (χ1) is 11.0. The highest BCUT2D eigenvalue weighted by Crippen LogP contribution is 2.32. The van der Waals surface area contributed by atoms with Crippen LogP contribution >= 0.6 is 27.7 Å². The van der Waals surface area contributed by atoms with Crippen molar-refractivity contribution in [1.29, 1.82) is 5.41 Å². The Bertz CT molecular complexity index is 904. The van der Waals surface area contributed by atoms with Gasteiger partial charge in [-0.1, -0.05) is 0 Å². The lowest BCUT2D eigenvalue weighted by molar-refractivity contribution is 0.614. The molecule has 0 atom stereocenters. The maximum absolute atomic E-state index is 14.5. The van der Waals surface area contributed by atoms with Crippen LogP contribution in [-0.2, 0) is 6.42 Å². The summed E-state index contributed by atoms with van der Waals surface area (Å²) < 4.78 is 15.3. The number of H-pyrrole nitrogens is 1. The third-order valence-corrected chi connectivity index (χ3v) is 5.45. The van der Waals surface area contributed by atoms with E-state index in [0.29, 0.717) is 22.7 Å². The lowest BCUT2D eigenvalue weighted by Crippen LogP contribution is -2.05. The third kappa shape index (κ3) is 2.93. The van der Waals surface area contributed by atoms with Crippen LogP contribution in [0.5, 0.6) is 0 Å². The van der Waals surface area contributed by atoms with Crippen LogP contribution in [0.1, 0.15) is 22.4 Å². The number of hydrogen-bond donors (Lipinski definition) is 2. The number of aromatic amines is 1. The van der Waals surface area contributed by atoms with Crippen molar-refractivity contribution >= 4 is 43.6 Å². The number of fused-ring (bicyclic) bond motifs is 1. The number of thioether (sulfide) groups is 1. The van der Waals surface area contributed by atoms with Gasteiger partial charge < -0.3 is 4.98 Å². The Kier molecular flexibility index (Phi) is 4.55. The highest BCUT2D eigenvalue weighted by Gasteiger charge is 2.16. The first-order valence-corrected chi connectivity index (χ1v) is 9.06. The van der Waals surface area contributed by atoms with Gasteiger partial charge in [0.15, 0.2) is 0 Å². The van der Waals surface area contributed by atoms with E-state index in [9.17, 15) is 4.39 Å². The zero-order chi connectivity index (χ0) is 16.6.